The van der Waals surface area contributed by atoms with Gasteiger partial charge < -0.3 is 0 Å². The summed E-state index contributed by atoms with van der Waals surface area (Å²) in [5, 5.41) is 3.56. The van der Waals surface area contributed by atoms with Crippen LogP contribution in [-0.4, -0.2) is 21.1 Å². The maximum absolute atomic E-state index is 13.5. The third kappa shape index (κ3) is 3.10. The second-order valence-corrected chi connectivity index (χ2v) is 8.10. The van der Waals surface area contributed by atoms with E-state index in [-0.39, 0.29) is 5.56 Å². The minimum absolute atomic E-state index is 0.0458. The zero-order chi connectivity index (χ0) is 21.7. The van der Waals surface area contributed by atoms with Crippen molar-refractivity contribution in [3.63, 3.8) is 0 Å². The third-order valence-corrected chi connectivity index (χ3v) is 5.75. The Hall–Kier alpha value is -3.86. The summed E-state index contributed by atoms with van der Waals surface area (Å²) in [6.45, 7) is 6.09. The topological polar surface area (TPSA) is 42.5 Å². The predicted octanol–water partition coefficient (Wildman–Crippen LogP) is 5.14. The van der Waals surface area contributed by atoms with Crippen molar-refractivity contribution in [3.8, 4) is 11.3 Å². The van der Waals surface area contributed by atoms with Crippen molar-refractivity contribution in [3.05, 3.63) is 100 Å². The molecule has 0 aliphatic rings. The largest absolute Gasteiger partial charge is 0.284 e. The van der Waals surface area contributed by atoms with Crippen LogP contribution in [0.25, 0.3) is 27.7 Å². The molecule has 5 heteroatoms. The highest BCUT2D eigenvalue weighted by atomic mass is 16.1. The van der Waals surface area contributed by atoms with E-state index < -0.39 is 0 Å². The summed E-state index contributed by atoms with van der Waals surface area (Å²) < 4.78 is 3.79. The normalized spacial score (nSPS) is 11.4. The molecule has 0 radical (unpaired) electrons. The molecule has 5 aromatic rings. The summed E-state index contributed by atoms with van der Waals surface area (Å²) in [5.41, 5.74) is 5.83. The zero-order valence-corrected chi connectivity index (χ0v) is 18.1. The van der Waals surface area contributed by atoms with Crippen LogP contribution in [0.5, 0.6) is 0 Å². The highest BCUT2D eigenvalue weighted by Crippen LogP contribution is 2.32. The minimum Gasteiger partial charge on any atom is -0.284 e. The number of fused-ring (bicyclic) bond motifs is 2. The minimum atomic E-state index is -0.0458. The smallest absolute Gasteiger partial charge is 0.277 e. The molecule has 0 unspecified atom stereocenters. The third-order valence-electron chi connectivity index (χ3n) is 5.75. The van der Waals surface area contributed by atoms with Crippen LogP contribution >= 0.6 is 0 Å². The lowest BCUT2D eigenvalue weighted by atomic mass is 10.1. The molecule has 2 aromatic carbocycles. The van der Waals surface area contributed by atoms with E-state index in [2.05, 4.69) is 54.8 Å². The number of anilines is 1. The molecule has 0 amide bonds. The first-order chi connectivity index (χ1) is 14.9. The molecule has 0 saturated heterocycles. The molecule has 5 rings (SSSR count). The first kappa shape index (κ1) is 19.1. The first-order valence-electron chi connectivity index (χ1n) is 10.4. The molecule has 0 N–H and O–H groups in total. The lowest BCUT2D eigenvalue weighted by Gasteiger charge is -2.25. The van der Waals surface area contributed by atoms with Crippen LogP contribution in [0.2, 0.25) is 0 Å². The second-order valence-electron chi connectivity index (χ2n) is 8.10. The van der Waals surface area contributed by atoms with E-state index in [1.54, 1.807) is 4.68 Å². The number of aryl methyl sites for hydroxylation is 3. The van der Waals surface area contributed by atoms with Crippen LogP contribution in [0, 0.1) is 20.8 Å². The molecule has 0 aliphatic carbocycles. The lowest BCUT2D eigenvalue weighted by molar-refractivity contribution is 0.706. The number of rotatable bonds is 3. The highest BCUT2D eigenvalue weighted by Gasteiger charge is 2.21. The van der Waals surface area contributed by atoms with Gasteiger partial charge in [-0.3, -0.25) is 14.2 Å². The summed E-state index contributed by atoms with van der Waals surface area (Å²) in [4.78, 5) is 18.4. The Morgan fingerprint density at radius 3 is 2.35 bits per heavy atom. The molecule has 0 bridgehead atoms. The van der Waals surface area contributed by atoms with E-state index in [0.717, 1.165) is 39.4 Å². The highest BCUT2D eigenvalue weighted by molar-refractivity contribution is 5.82. The Morgan fingerprint density at radius 1 is 0.871 bits per heavy atom. The standard InChI is InChI=1S/C26H24N4O/c1-17-9-12-20(13-10-17)24-25(29-16-18(2)11-14-23(29)27-24)28(4)30-19(3)15-21-7-5-6-8-22(21)26(30)31/h5-16H,1-4H3. The van der Waals surface area contributed by atoms with Gasteiger partial charge in [-0.25, -0.2) is 9.66 Å². The fraction of sp³-hybridized carbons (Fsp3) is 0.154. The number of imidazole rings is 1. The number of pyridine rings is 2. The molecule has 5 nitrogen and oxygen atoms in total. The fourth-order valence-electron chi connectivity index (χ4n) is 4.20. The first-order valence-corrected chi connectivity index (χ1v) is 10.4. The van der Waals surface area contributed by atoms with Crippen LogP contribution in [0.4, 0.5) is 5.82 Å². The van der Waals surface area contributed by atoms with Crippen molar-refractivity contribution in [2.45, 2.75) is 20.8 Å². The van der Waals surface area contributed by atoms with Gasteiger partial charge in [-0.2, -0.15) is 0 Å². The van der Waals surface area contributed by atoms with Crippen LogP contribution in [-0.2, 0) is 0 Å². The Morgan fingerprint density at radius 2 is 1.58 bits per heavy atom. The monoisotopic (exact) mass is 408 g/mol. The van der Waals surface area contributed by atoms with Crippen molar-refractivity contribution in [2.24, 2.45) is 0 Å². The van der Waals surface area contributed by atoms with Gasteiger partial charge in [0.2, 0.25) is 0 Å². The fourth-order valence-corrected chi connectivity index (χ4v) is 4.20. The SMILES string of the molecule is Cc1ccc(-c2nc3ccc(C)cn3c2N(C)n2c(C)cc3ccccc3c2=O)cc1. The van der Waals surface area contributed by atoms with Gasteiger partial charge in [0, 0.05) is 29.9 Å². The van der Waals surface area contributed by atoms with Gasteiger partial charge in [0.25, 0.3) is 5.56 Å². The number of nitrogens with zero attached hydrogens (tertiary/aromatic N) is 4. The summed E-state index contributed by atoms with van der Waals surface area (Å²) in [6, 6.07) is 22.2. The number of aromatic nitrogens is 3. The van der Waals surface area contributed by atoms with Crippen molar-refractivity contribution in [1.29, 1.82) is 0 Å². The van der Waals surface area contributed by atoms with Crippen LogP contribution < -0.4 is 10.6 Å². The Bertz CT molecular complexity index is 1490. The summed E-state index contributed by atoms with van der Waals surface area (Å²) in [5.74, 6) is 0.850. The second kappa shape index (κ2) is 7.13. The molecule has 31 heavy (non-hydrogen) atoms. The van der Waals surface area contributed by atoms with Crippen LogP contribution in [0.1, 0.15) is 16.8 Å². The van der Waals surface area contributed by atoms with Crippen molar-refractivity contribution < 1.29 is 0 Å². The van der Waals surface area contributed by atoms with Gasteiger partial charge in [0.15, 0.2) is 5.82 Å². The summed E-state index contributed by atoms with van der Waals surface area (Å²) in [6.07, 6.45) is 2.06. The van der Waals surface area contributed by atoms with Gasteiger partial charge in [0.1, 0.15) is 11.3 Å². The van der Waals surface area contributed by atoms with Gasteiger partial charge >= 0.3 is 0 Å². The average molecular weight is 409 g/mol. The molecule has 0 atom stereocenters. The zero-order valence-electron chi connectivity index (χ0n) is 18.1. The molecular formula is C26H24N4O. The maximum atomic E-state index is 13.5. The van der Waals surface area contributed by atoms with Crippen LogP contribution in [0.3, 0.4) is 0 Å². The van der Waals surface area contributed by atoms with E-state index in [0.29, 0.717) is 5.39 Å². The molecule has 0 fully saturated rings. The van der Waals surface area contributed by atoms with E-state index in [4.69, 9.17) is 4.98 Å². The maximum Gasteiger partial charge on any atom is 0.277 e. The number of hydrogen-bond acceptors (Lipinski definition) is 3. The van der Waals surface area contributed by atoms with Gasteiger partial charge in [-0.05, 0) is 49.9 Å². The van der Waals surface area contributed by atoms with Gasteiger partial charge in [-0.1, -0.05) is 54.1 Å². The number of benzene rings is 2. The van der Waals surface area contributed by atoms with Crippen molar-refractivity contribution >= 4 is 22.2 Å². The summed E-state index contributed by atoms with van der Waals surface area (Å²) >= 11 is 0. The van der Waals surface area contributed by atoms with E-state index in [1.165, 1.54) is 5.56 Å². The van der Waals surface area contributed by atoms with E-state index >= 15 is 0 Å². The molecule has 154 valence electrons. The van der Waals surface area contributed by atoms with E-state index in [1.807, 2.05) is 55.4 Å². The average Bonchev–Trinajstić information content (AvgIpc) is 3.12. The van der Waals surface area contributed by atoms with Gasteiger partial charge in [0.05, 0.1) is 0 Å². The molecule has 0 aliphatic heterocycles. The quantitative estimate of drug-likeness (QED) is 0.415. The molecule has 3 aromatic heterocycles. The van der Waals surface area contributed by atoms with E-state index in [9.17, 15) is 4.79 Å². The summed E-state index contributed by atoms with van der Waals surface area (Å²) in [7, 11) is 1.92. The Balaban J connectivity index is 1.81. The lowest BCUT2D eigenvalue weighted by Crippen LogP contribution is -2.38. The Labute approximate surface area is 180 Å². The number of hydrogen-bond donors (Lipinski definition) is 0. The van der Waals surface area contributed by atoms with Gasteiger partial charge in [-0.15, -0.1) is 0 Å². The predicted molar refractivity (Wildman–Crippen MR) is 127 cm³/mol. The Kier molecular flexibility index (Phi) is 4.40. The molecular weight excluding hydrogens is 384 g/mol. The van der Waals surface area contributed by atoms with Crippen LogP contribution in [0.15, 0.2) is 77.7 Å². The molecule has 0 saturated carbocycles. The van der Waals surface area contributed by atoms with Crippen molar-refractivity contribution in [1.82, 2.24) is 14.1 Å². The molecule has 3 heterocycles. The van der Waals surface area contributed by atoms with Crippen molar-refractivity contribution in [2.75, 3.05) is 12.1 Å². The molecule has 0 spiro atoms.